The molecule has 0 spiro atoms. The van der Waals surface area contributed by atoms with E-state index in [-0.39, 0.29) is 17.1 Å². The maximum atomic E-state index is 14.2. The van der Waals surface area contributed by atoms with E-state index in [9.17, 15) is 27.2 Å². The second-order valence-electron chi connectivity index (χ2n) is 6.50. The molecule has 158 valence electrons. The number of aromatic nitrogens is 3. The molecule has 2 heterocycles. The van der Waals surface area contributed by atoms with Gasteiger partial charge in [-0.15, -0.1) is 0 Å². The number of fused-ring (bicyclic) bond motifs is 1. The zero-order valence-corrected chi connectivity index (χ0v) is 15.7. The quantitative estimate of drug-likeness (QED) is 0.442. The number of likely N-dealkylation sites (N-methyl/N-ethyl adjacent to an activating group) is 1. The molecule has 12 heteroatoms. The number of amides is 2. The number of hydrogen-bond donors (Lipinski definition) is 3. The van der Waals surface area contributed by atoms with E-state index in [1.807, 2.05) is 0 Å². The number of halogens is 4. The molecule has 3 rings (SSSR count). The molecular formula is C18H16F4N6O2. The average molecular weight is 424 g/mol. The molecule has 2 aromatic heterocycles. The third-order valence-electron chi connectivity index (χ3n) is 4.64. The van der Waals surface area contributed by atoms with Crippen LogP contribution in [-0.4, -0.2) is 38.9 Å². The molecule has 3 aromatic rings. The summed E-state index contributed by atoms with van der Waals surface area (Å²) in [5, 5.41) is 9.23. The van der Waals surface area contributed by atoms with Gasteiger partial charge in [-0.25, -0.2) is 9.37 Å². The molecule has 0 fully saturated rings. The van der Waals surface area contributed by atoms with Crippen molar-refractivity contribution in [3.05, 3.63) is 47.5 Å². The van der Waals surface area contributed by atoms with Crippen molar-refractivity contribution in [2.45, 2.75) is 19.1 Å². The lowest BCUT2D eigenvalue weighted by Gasteiger charge is -2.25. The van der Waals surface area contributed by atoms with Gasteiger partial charge in [-0.1, -0.05) is 6.07 Å². The van der Waals surface area contributed by atoms with Gasteiger partial charge in [0.05, 0.1) is 40.6 Å². The van der Waals surface area contributed by atoms with Crippen LogP contribution in [-0.2, 0) is 15.8 Å². The van der Waals surface area contributed by atoms with Crippen LogP contribution in [0.15, 0.2) is 30.6 Å². The highest BCUT2D eigenvalue weighted by molar-refractivity contribution is 6.40. The number of carbonyl (C=O) groups excluding carboxylic acids is 2. The van der Waals surface area contributed by atoms with E-state index in [0.717, 1.165) is 11.0 Å². The van der Waals surface area contributed by atoms with Gasteiger partial charge in [-0.2, -0.15) is 18.3 Å². The average Bonchev–Trinajstić information content (AvgIpc) is 3.18. The van der Waals surface area contributed by atoms with Gasteiger partial charge in [-0.05, 0) is 19.1 Å². The molecule has 0 aliphatic heterocycles. The molecule has 1 atom stereocenters. The molecule has 0 radical (unpaired) electrons. The summed E-state index contributed by atoms with van der Waals surface area (Å²) in [5.74, 6) is -3.06. The third kappa shape index (κ3) is 3.88. The Morgan fingerprint density at radius 2 is 1.97 bits per heavy atom. The number of aromatic amines is 1. The molecule has 0 bridgehead atoms. The summed E-state index contributed by atoms with van der Waals surface area (Å²) in [5.41, 5.74) is 4.88. The number of benzene rings is 1. The molecule has 0 unspecified atom stereocenters. The summed E-state index contributed by atoms with van der Waals surface area (Å²) < 4.78 is 52.3. The first-order valence-electron chi connectivity index (χ1n) is 8.53. The van der Waals surface area contributed by atoms with E-state index >= 15 is 0 Å². The first-order valence-corrected chi connectivity index (χ1v) is 8.53. The molecule has 8 nitrogen and oxygen atoms in total. The lowest BCUT2D eigenvalue weighted by molar-refractivity contribution is -0.143. The van der Waals surface area contributed by atoms with Gasteiger partial charge in [0.25, 0.3) is 0 Å². The number of H-pyrrole nitrogens is 1. The largest absolute Gasteiger partial charge is 0.416 e. The van der Waals surface area contributed by atoms with Crippen molar-refractivity contribution in [3.63, 3.8) is 0 Å². The summed E-state index contributed by atoms with van der Waals surface area (Å²) in [6, 6.07) is 0.978. The first-order chi connectivity index (χ1) is 14.0. The van der Waals surface area contributed by atoms with Crippen LogP contribution in [0.4, 0.5) is 29.1 Å². The van der Waals surface area contributed by atoms with Crippen molar-refractivity contribution in [1.29, 1.82) is 0 Å². The van der Waals surface area contributed by atoms with Crippen LogP contribution in [0.5, 0.6) is 0 Å². The van der Waals surface area contributed by atoms with Gasteiger partial charge >= 0.3 is 18.0 Å². The number of anilines is 2. The molecular weight excluding hydrogens is 408 g/mol. The number of carbonyl (C=O) groups is 2. The fraction of sp³-hybridized carbons (Fsp3) is 0.222. The number of rotatable bonds is 3. The van der Waals surface area contributed by atoms with Crippen molar-refractivity contribution < 1.29 is 27.2 Å². The number of nitrogens with one attached hydrogen (secondary N) is 2. The van der Waals surface area contributed by atoms with Crippen molar-refractivity contribution in [2.75, 3.05) is 18.1 Å². The van der Waals surface area contributed by atoms with E-state index in [4.69, 9.17) is 5.73 Å². The number of pyridine rings is 1. The highest BCUT2D eigenvalue weighted by atomic mass is 19.4. The molecule has 1 aromatic carbocycles. The second kappa shape index (κ2) is 7.61. The van der Waals surface area contributed by atoms with Crippen LogP contribution in [0.1, 0.15) is 24.1 Å². The smallest absolute Gasteiger partial charge is 0.383 e. The molecule has 0 saturated heterocycles. The Bertz CT molecular complexity index is 1130. The maximum Gasteiger partial charge on any atom is 0.416 e. The zero-order chi connectivity index (χ0) is 22.2. The molecule has 4 N–H and O–H groups in total. The molecule has 0 aliphatic rings. The fourth-order valence-electron chi connectivity index (χ4n) is 2.81. The third-order valence-corrected chi connectivity index (χ3v) is 4.64. The van der Waals surface area contributed by atoms with Crippen LogP contribution >= 0.6 is 0 Å². The minimum Gasteiger partial charge on any atom is -0.383 e. The predicted octanol–water partition coefficient (Wildman–Crippen LogP) is 2.86. The number of nitrogen functional groups attached to an aromatic ring is 1. The Balaban J connectivity index is 1.78. The molecule has 2 amide bonds. The number of hydrogen-bond acceptors (Lipinski definition) is 5. The summed E-state index contributed by atoms with van der Waals surface area (Å²) in [7, 11) is 1.23. The summed E-state index contributed by atoms with van der Waals surface area (Å²) >= 11 is 0. The summed E-state index contributed by atoms with van der Waals surface area (Å²) in [6.07, 6.45) is -2.06. The van der Waals surface area contributed by atoms with Gasteiger partial charge in [0, 0.05) is 12.6 Å². The van der Waals surface area contributed by atoms with Gasteiger partial charge < -0.3 is 16.0 Å². The highest BCUT2D eigenvalue weighted by Gasteiger charge is 2.32. The Hall–Kier alpha value is -3.70. The van der Waals surface area contributed by atoms with Crippen molar-refractivity contribution in [2.24, 2.45) is 0 Å². The van der Waals surface area contributed by atoms with Gasteiger partial charge in [0.2, 0.25) is 0 Å². The lowest BCUT2D eigenvalue weighted by atomic mass is 10.0. The summed E-state index contributed by atoms with van der Waals surface area (Å²) in [4.78, 5) is 29.7. The Kier molecular flexibility index (Phi) is 5.33. The van der Waals surface area contributed by atoms with Gasteiger partial charge in [-0.3, -0.25) is 14.7 Å². The van der Waals surface area contributed by atoms with E-state index in [2.05, 4.69) is 20.5 Å². The second-order valence-corrected chi connectivity index (χ2v) is 6.50. The van der Waals surface area contributed by atoms with Crippen LogP contribution in [0.25, 0.3) is 10.9 Å². The Morgan fingerprint density at radius 1 is 1.27 bits per heavy atom. The minimum atomic E-state index is -4.70. The van der Waals surface area contributed by atoms with E-state index in [1.54, 1.807) is 0 Å². The SMILES string of the molecule is C[C@@H](c1ccc(C(F)(F)F)cc1F)N(C)C(=O)C(=O)Nc1cnc(N)c2cn[nH]c12. The van der Waals surface area contributed by atoms with Crippen LogP contribution < -0.4 is 11.1 Å². The topological polar surface area (TPSA) is 117 Å². The van der Waals surface area contributed by atoms with Gasteiger partial charge in [0.1, 0.15) is 11.6 Å². The maximum absolute atomic E-state index is 14.2. The highest BCUT2D eigenvalue weighted by Crippen LogP contribution is 2.32. The predicted molar refractivity (Wildman–Crippen MR) is 99.5 cm³/mol. The van der Waals surface area contributed by atoms with Crippen molar-refractivity contribution >= 4 is 34.2 Å². The minimum absolute atomic E-state index is 0.150. The standard InChI is InChI=1S/C18H16F4N6O2/c1-8(10-4-3-9(5-12(10)19)18(20,21)22)28(2)17(30)16(29)26-13-7-24-15(23)11-6-25-27-14(11)13/h3-8H,1-2H3,(H2,23,24)(H,25,27)(H,26,29)/t8-/m0/s1. The van der Waals surface area contributed by atoms with E-state index in [1.165, 1.54) is 26.4 Å². The number of alkyl halides is 3. The Morgan fingerprint density at radius 3 is 2.60 bits per heavy atom. The normalized spacial score (nSPS) is 12.6. The van der Waals surface area contributed by atoms with Gasteiger partial charge in [0.15, 0.2) is 0 Å². The van der Waals surface area contributed by atoms with E-state index < -0.39 is 35.4 Å². The number of nitrogens with zero attached hydrogens (tertiary/aromatic N) is 3. The van der Waals surface area contributed by atoms with Crippen LogP contribution in [0, 0.1) is 5.82 Å². The molecule has 30 heavy (non-hydrogen) atoms. The fourth-order valence-corrected chi connectivity index (χ4v) is 2.81. The van der Waals surface area contributed by atoms with Crippen molar-refractivity contribution in [3.8, 4) is 0 Å². The first kappa shape index (κ1) is 21.0. The zero-order valence-electron chi connectivity index (χ0n) is 15.7. The van der Waals surface area contributed by atoms with Crippen molar-refractivity contribution in [1.82, 2.24) is 20.1 Å². The number of nitrogens with two attached hydrogens (primary N) is 1. The van der Waals surface area contributed by atoms with Crippen LogP contribution in [0.3, 0.4) is 0 Å². The molecule has 0 aliphatic carbocycles. The van der Waals surface area contributed by atoms with E-state index in [0.29, 0.717) is 23.0 Å². The lowest BCUT2D eigenvalue weighted by Crippen LogP contribution is -2.39. The molecule has 0 saturated carbocycles. The Labute approximate surface area is 167 Å². The monoisotopic (exact) mass is 424 g/mol. The summed E-state index contributed by atoms with van der Waals surface area (Å²) in [6.45, 7) is 1.38. The van der Waals surface area contributed by atoms with Crippen LogP contribution in [0.2, 0.25) is 0 Å².